The van der Waals surface area contributed by atoms with Crippen LogP contribution in [0, 0.1) is 0 Å². The smallest absolute Gasteiger partial charge is 0.325 e. The van der Waals surface area contributed by atoms with Crippen molar-refractivity contribution in [3.05, 3.63) is 11.1 Å². The molecule has 0 fully saturated rings. The van der Waals surface area contributed by atoms with Crippen molar-refractivity contribution in [1.82, 2.24) is 9.80 Å². The van der Waals surface area contributed by atoms with E-state index in [1.165, 1.54) is 0 Å². The monoisotopic (exact) mass is 257 g/mol. The van der Waals surface area contributed by atoms with Gasteiger partial charge in [0.1, 0.15) is 6.54 Å². The molecule has 0 amide bonds. The molecule has 0 aromatic rings. The van der Waals surface area contributed by atoms with E-state index < -0.39 is 0 Å². The van der Waals surface area contributed by atoms with E-state index in [2.05, 4.69) is 4.99 Å². The summed E-state index contributed by atoms with van der Waals surface area (Å²) >= 11 is 1.63. The van der Waals surface area contributed by atoms with Gasteiger partial charge in [0, 0.05) is 25.2 Å². The van der Waals surface area contributed by atoms with Crippen LogP contribution >= 0.6 is 11.8 Å². The number of allylic oxidation sites excluding steroid dienone is 1. The molecule has 96 valence electrons. The van der Waals surface area contributed by atoms with Crippen molar-refractivity contribution in [2.45, 2.75) is 19.3 Å². The van der Waals surface area contributed by atoms with Crippen LogP contribution in [0.15, 0.2) is 16.1 Å². The Hall–Kier alpha value is -1.17. The van der Waals surface area contributed by atoms with E-state index in [0.29, 0.717) is 6.61 Å². The fourth-order valence-electron chi connectivity index (χ4n) is 1.35. The third-order valence-electron chi connectivity index (χ3n) is 1.96. The molecule has 0 aliphatic carbocycles. The lowest BCUT2D eigenvalue weighted by molar-refractivity contribution is -0.143. The molecule has 0 spiro atoms. The van der Waals surface area contributed by atoms with Crippen molar-refractivity contribution in [2.24, 2.45) is 4.99 Å². The first-order valence-corrected chi connectivity index (χ1v) is 6.37. The highest BCUT2D eigenvalue weighted by molar-refractivity contribution is 8.03. The number of thioether (sulfide) groups is 1. The summed E-state index contributed by atoms with van der Waals surface area (Å²) in [4.78, 5) is 20.7. The number of hydrogen-bond acceptors (Lipinski definition) is 5. The second-order valence-electron chi connectivity index (χ2n) is 3.89. The van der Waals surface area contributed by atoms with Gasteiger partial charge in [-0.05, 0) is 13.8 Å². The minimum Gasteiger partial charge on any atom is -0.465 e. The van der Waals surface area contributed by atoms with Crippen LogP contribution in [0.3, 0.4) is 0 Å². The molecule has 0 aromatic heterocycles. The Bertz CT molecular complexity index is 329. The topological polar surface area (TPSA) is 45.1 Å². The third kappa shape index (κ3) is 4.68. The molecule has 1 heterocycles. The maximum atomic E-state index is 11.4. The van der Waals surface area contributed by atoms with Crippen LogP contribution in [0.2, 0.25) is 0 Å². The first-order valence-electron chi connectivity index (χ1n) is 5.49. The van der Waals surface area contributed by atoms with E-state index in [1.807, 2.05) is 37.0 Å². The average molecular weight is 257 g/mol. The molecule has 1 aliphatic rings. The van der Waals surface area contributed by atoms with Crippen LogP contribution in [0.5, 0.6) is 0 Å². The molecule has 0 aromatic carbocycles. The van der Waals surface area contributed by atoms with Gasteiger partial charge in [0.2, 0.25) is 0 Å². The number of carbonyl (C=O) groups is 1. The van der Waals surface area contributed by atoms with Crippen LogP contribution in [-0.2, 0) is 9.53 Å². The number of hydrogen-bond donors (Lipinski definition) is 0. The summed E-state index contributed by atoms with van der Waals surface area (Å²) in [6.07, 6.45) is 3.70. The van der Waals surface area contributed by atoms with Crippen LogP contribution in [-0.4, -0.2) is 54.9 Å². The lowest BCUT2D eigenvalue weighted by Gasteiger charge is -2.20. The molecule has 0 saturated carbocycles. The number of rotatable bonds is 5. The first kappa shape index (κ1) is 13.9. The molecular weight excluding hydrogens is 238 g/mol. The summed E-state index contributed by atoms with van der Waals surface area (Å²) in [5.74, 6) is -0.218. The van der Waals surface area contributed by atoms with Crippen molar-refractivity contribution in [2.75, 3.05) is 27.2 Å². The molecule has 5 nitrogen and oxygen atoms in total. The van der Waals surface area contributed by atoms with Gasteiger partial charge < -0.3 is 14.5 Å². The predicted octanol–water partition coefficient (Wildman–Crippen LogP) is 1.33. The van der Waals surface area contributed by atoms with Crippen molar-refractivity contribution in [1.29, 1.82) is 0 Å². The summed E-state index contributed by atoms with van der Waals surface area (Å²) < 4.78 is 4.93. The summed E-state index contributed by atoms with van der Waals surface area (Å²) in [6.45, 7) is 4.47. The van der Waals surface area contributed by atoms with Crippen LogP contribution < -0.4 is 0 Å². The number of esters is 1. The lowest BCUT2D eigenvalue weighted by Crippen LogP contribution is -2.31. The largest absolute Gasteiger partial charge is 0.465 e. The van der Waals surface area contributed by atoms with Crippen molar-refractivity contribution < 1.29 is 9.53 Å². The van der Waals surface area contributed by atoms with E-state index in [1.54, 1.807) is 25.0 Å². The molecule has 0 N–H and O–H groups in total. The Kier molecular flexibility index (Phi) is 5.34. The number of nitrogens with zero attached hydrogens (tertiary/aromatic N) is 3. The van der Waals surface area contributed by atoms with Crippen LogP contribution in [0.4, 0.5) is 0 Å². The quantitative estimate of drug-likeness (QED) is 0.422. The molecule has 0 bridgehead atoms. The Morgan fingerprint density at radius 1 is 1.71 bits per heavy atom. The van der Waals surface area contributed by atoms with Gasteiger partial charge in [-0.15, -0.1) is 0 Å². The van der Waals surface area contributed by atoms with Crippen LogP contribution in [0.25, 0.3) is 0 Å². The van der Waals surface area contributed by atoms with Gasteiger partial charge in [-0.3, -0.25) is 4.79 Å². The third-order valence-corrected chi connectivity index (χ3v) is 3.05. The van der Waals surface area contributed by atoms with Gasteiger partial charge in [-0.25, -0.2) is 4.99 Å². The van der Waals surface area contributed by atoms with Crippen molar-refractivity contribution >= 4 is 24.1 Å². The molecule has 1 aliphatic heterocycles. The summed E-state index contributed by atoms with van der Waals surface area (Å²) in [5.41, 5.74) is -0.0678. The van der Waals surface area contributed by atoms with Crippen LogP contribution in [0.1, 0.15) is 13.8 Å². The average Bonchev–Trinajstić information content (AvgIpc) is 2.56. The zero-order valence-electron chi connectivity index (χ0n) is 10.7. The molecule has 1 rings (SSSR count). The number of aliphatic imine (C=N–C) groups is 1. The van der Waals surface area contributed by atoms with Gasteiger partial charge in [-0.2, -0.15) is 0 Å². The van der Waals surface area contributed by atoms with E-state index in [-0.39, 0.29) is 18.0 Å². The molecule has 17 heavy (non-hydrogen) atoms. The Morgan fingerprint density at radius 3 is 3.00 bits per heavy atom. The fraction of sp³-hybridized carbons (Fsp3) is 0.636. The van der Waals surface area contributed by atoms with Gasteiger partial charge in [-0.1, -0.05) is 11.8 Å². The highest BCUT2D eigenvalue weighted by Gasteiger charge is 2.24. The predicted molar refractivity (Wildman–Crippen MR) is 70.7 cm³/mol. The van der Waals surface area contributed by atoms with E-state index in [9.17, 15) is 4.79 Å². The molecule has 1 unspecified atom stereocenters. The van der Waals surface area contributed by atoms with E-state index in [4.69, 9.17) is 4.74 Å². The zero-order chi connectivity index (χ0) is 12.8. The minimum atomic E-state index is -0.218. The molecule has 0 saturated heterocycles. The minimum absolute atomic E-state index is 0.0678. The second kappa shape index (κ2) is 6.54. The highest BCUT2D eigenvalue weighted by Crippen LogP contribution is 2.32. The zero-order valence-corrected chi connectivity index (χ0v) is 11.5. The molecule has 1 atom stereocenters. The maximum absolute atomic E-state index is 11.4. The normalized spacial score (nSPS) is 19.6. The number of ether oxygens (including phenoxy) is 1. The highest BCUT2D eigenvalue weighted by atomic mass is 32.2. The van der Waals surface area contributed by atoms with Gasteiger partial charge in [0.25, 0.3) is 0 Å². The Labute approximate surface area is 107 Å². The fourth-order valence-corrected chi connectivity index (χ4v) is 2.26. The number of carbonyl (C=O) groups excluding carboxylic acids is 1. The van der Waals surface area contributed by atoms with Crippen molar-refractivity contribution in [3.8, 4) is 0 Å². The van der Waals surface area contributed by atoms with Crippen molar-refractivity contribution in [3.63, 3.8) is 0 Å². The van der Waals surface area contributed by atoms with Gasteiger partial charge in [0.05, 0.1) is 12.9 Å². The second-order valence-corrected chi connectivity index (χ2v) is 5.19. The van der Waals surface area contributed by atoms with E-state index in [0.717, 1.165) is 4.91 Å². The molecule has 6 heteroatoms. The summed E-state index contributed by atoms with van der Waals surface area (Å²) in [7, 11) is 3.83. The molecular formula is C11H19N3O2S. The van der Waals surface area contributed by atoms with Gasteiger partial charge in [0.15, 0.2) is 5.50 Å². The molecule has 0 radical (unpaired) electrons. The lowest BCUT2D eigenvalue weighted by atomic mass is 10.5. The maximum Gasteiger partial charge on any atom is 0.325 e. The SMILES string of the molecule is CCOC(=O)CN1C=C(C)SC1N=CN(C)C. The first-order chi connectivity index (χ1) is 8.02. The van der Waals surface area contributed by atoms with E-state index >= 15 is 0 Å². The van der Waals surface area contributed by atoms with Gasteiger partial charge >= 0.3 is 5.97 Å². The summed E-state index contributed by atoms with van der Waals surface area (Å²) in [5, 5.41) is 0. The Balaban J connectivity index is 2.57. The standard InChI is InChI=1S/C11H19N3O2S/c1-5-16-10(15)7-14-6-9(2)17-11(14)12-8-13(3)4/h6,8,11H,5,7H2,1-4H3. The Morgan fingerprint density at radius 2 is 2.41 bits per heavy atom. The summed E-state index contributed by atoms with van der Waals surface area (Å²) in [6, 6.07) is 0.